The first-order valence-corrected chi connectivity index (χ1v) is 7.37. The zero-order valence-corrected chi connectivity index (χ0v) is 12.6. The van der Waals surface area contributed by atoms with Gasteiger partial charge in [0, 0.05) is 31.6 Å². The highest BCUT2D eigenvalue weighted by molar-refractivity contribution is 5.92. The Morgan fingerprint density at radius 1 is 1.48 bits per heavy atom. The monoisotopic (exact) mass is 286 g/mol. The van der Waals surface area contributed by atoms with Crippen molar-refractivity contribution in [1.82, 2.24) is 10.2 Å². The second kappa shape index (κ2) is 7.07. The van der Waals surface area contributed by atoms with Crippen molar-refractivity contribution in [3.63, 3.8) is 0 Å². The van der Waals surface area contributed by atoms with Crippen LogP contribution in [0.4, 0.5) is 0 Å². The molecule has 1 saturated heterocycles. The molecule has 0 bridgehead atoms. The molecule has 1 N–H and O–H groups in total. The van der Waals surface area contributed by atoms with Crippen LogP contribution < -0.4 is 5.32 Å². The van der Waals surface area contributed by atoms with Gasteiger partial charge in [0.2, 0.25) is 11.8 Å². The lowest BCUT2D eigenvalue weighted by Crippen LogP contribution is -2.41. The molecular weight excluding hydrogens is 264 g/mol. The number of carbonyl (C=O) groups is 2. The fraction of sp³-hybridized carbons (Fsp3) is 0.412. The van der Waals surface area contributed by atoms with Crippen LogP contribution in [0.2, 0.25) is 0 Å². The number of aryl methyl sites for hydroxylation is 1. The van der Waals surface area contributed by atoms with Crippen LogP contribution in [0, 0.1) is 6.92 Å². The summed E-state index contributed by atoms with van der Waals surface area (Å²) in [4.78, 5) is 25.2. The molecule has 1 aliphatic heterocycles. The minimum absolute atomic E-state index is 0.0401. The Balaban J connectivity index is 1.82. The molecule has 21 heavy (non-hydrogen) atoms. The van der Waals surface area contributed by atoms with Crippen LogP contribution in [0.25, 0.3) is 6.08 Å². The van der Waals surface area contributed by atoms with Crippen LogP contribution in [0.5, 0.6) is 0 Å². The molecular formula is C17H22N2O2. The van der Waals surface area contributed by atoms with Crippen LogP contribution in [-0.2, 0) is 9.59 Å². The average molecular weight is 286 g/mol. The summed E-state index contributed by atoms with van der Waals surface area (Å²) >= 11 is 0. The summed E-state index contributed by atoms with van der Waals surface area (Å²) in [6, 6.07) is 7.93. The van der Waals surface area contributed by atoms with Gasteiger partial charge >= 0.3 is 0 Å². The predicted molar refractivity (Wildman–Crippen MR) is 83.6 cm³/mol. The van der Waals surface area contributed by atoms with Gasteiger partial charge in [-0.25, -0.2) is 0 Å². The van der Waals surface area contributed by atoms with E-state index in [0.29, 0.717) is 13.0 Å². The molecule has 2 amide bonds. The number of carbonyl (C=O) groups excluding carboxylic acids is 2. The van der Waals surface area contributed by atoms with E-state index in [-0.39, 0.29) is 17.9 Å². The Morgan fingerprint density at radius 3 is 2.95 bits per heavy atom. The third-order valence-electron chi connectivity index (χ3n) is 3.52. The molecule has 0 aromatic heterocycles. The van der Waals surface area contributed by atoms with E-state index >= 15 is 0 Å². The lowest BCUT2D eigenvalue weighted by molar-refractivity contribution is -0.128. The summed E-state index contributed by atoms with van der Waals surface area (Å²) < 4.78 is 0. The highest BCUT2D eigenvalue weighted by Gasteiger charge is 2.21. The summed E-state index contributed by atoms with van der Waals surface area (Å²) in [5.41, 5.74) is 2.17. The van der Waals surface area contributed by atoms with Crippen molar-refractivity contribution in [2.75, 3.05) is 13.1 Å². The quantitative estimate of drug-likeness (QED) is 0.843. The van der Waals surface area contributed by atoms with Gasteiger partial charge in [-0.1, -0.05) is 29.8 Å². The van der Waals surface area contributed by atoms with Gasteiger partial charge in [-0.05, 0) is 31.9 Å². The standard InChI is InChI=1S/C17H22N2O2/c1-13-5-3-6-15(11-13)8-9-16(20)18-14(2)12-19-10-4-7-17(19)21/h3,5-6,8-9,11,14H,4,7,10,12H2,1-2H3,(H,18,20). The van der Waals surface area contributed by atoms with E-state index in [0.717, 1.165) is 18.5 Å². The van der Waals surface area contributed by atoms with Crippen molar-refractivity contribution >= 4 is 17.9 Å². The van der Waals surface area contributed by atoms with Crippen LogP contribution in [-0.4, -0.2) is 35.8 Å². The van der Waals surface area contributed by atoms with Crippen LogP contribution >= 0.6 is 0 Å². The number of hydrogen-bond donors (Lipinski definition) is 1. The average Bonchev–Trinajstić information content (AvgIpc) is 2.82. The van der Waals surface area contributed by atoms with Crippen molar-refractivity contribution in [2.24, 2.45) is 0 Å². The smallest absolute Gasteiger partial charge is 0.244 e. The zero-order valence-electron chi connectivity index (χ0n) is 12.6. The second-order valence-electron chi connectivity index (χ2n) is 5.60. The fourth-order valence-corrected chi connectivity index (χ4v) is 2.51. The van der Waals surface area contributed by atoms with Gasteiger partial charge in [0.15, 0.2) is 0 Å². The fourth-order valence-electron chi connectivity index (χ4n) is 2.51. The summed E-state index contributed by atoms with van der Waals surface area (Å²) in [7, 11) is 0. The Bertz CT molecular complexity index is 551. The molecule has 1 heterocycles. The topological polar surface area (TPSA) is 49.4 Å². The molecule has 1 aromatic carbocycles. The van der Waals surface area contributed by atoms with E-state index in [1.165, 1.54) is 11.6 Å². The molecule has 0 radical (unpaired) electrons. The van der Waals surface area contributed by atoms with Crippen molar-refractivity contribution in [2.45, 2.75) is 32.7 Å². The molecule has 1 aliphatic rings. The molecule has 1 atom stereocenters. The SMILES string of the molecule is Cc1cccc(C=CC(=O)NC(C)CN2CCCC2=O)c1. The molecule has 2 rings (SSSR count). The minimum atomic E-state index is -0.129. The summed E-state index contributed by atoms with van der Waals surface area (Å²) in [6.45, 7) is 5.33. The normalized spacial score (nSPS) is 16.5. The van der Waals surface area contributed by atoms with Crippen molar-refractivity contribution in [1.29, 1.82) is 0 Å². The van der Waals surface area contributed by atoms with Gasteiger partial charge in [-0.15, -0.1) is 0 Å². The number of rotatable bonds is 5. The highest BCUT2D eigenvalue weighted by atomic mass is 16.2. The van der Waals surface area contributed by atoms with Gasteiger partial charge < -0.3 is 10.2 Å². The minimum Gasteiger partial charge on any atom is -0.348 e. The summed E-state index contributed by atoms with van der Waals surface area (Å²) in [5.74, 6) is 0.0575. The maximum atomic E-state index is 11.9. The number of likely N-dealkylation sites (tertiary alicyclic amines) is 1. The molecule has 0 aliphatic carbocycles. The molecule has 1 unspecified atom stereocenters. The van der Waals surface area contributed by atoms with Crippen molar-refractivity contribution < 1.29 is 9.59 Å². The number of benzene rings is 1. The van der Waals surface area contributed by atoms with Gasteiger partial charge in [0.1, 0.15) is 0 Å². The number of hydrogen-bond acceptors (Lipinski definition) is 2. The zero-order chi connectivity index (χ0) is 15.2. The lowest BCUT2D eigenvalue weighted by Gasteiger charge is -2.21. The Kier molecular flexibility index (Phi) is 5.14. The molecule has 112 valence electrons. The van der Waals surface area contributed by atoms with E-state index in [1.54, 1.807) is 6.08 Å². The summed E-state index contributed by atoms with van der Waals surface area (Å²) in [5, 5.41) is 2.89. The molecule has 4 heteroatoms. The van der Waals surface area contributed by atoms with Crippen LogP contribution in [0.3, 0.4) is 0 Å². The first kappa shape index (κ1) is 15.3. The maximum absolute atomic E-state index is 11.9. The Labute approximate surface area is 125 Å². The van der Waals surface area contributed by atoms with E-state index in [4.69, 9.17) is 0 Å². The maximum Gasteiger partial charge on any atom is 0.244 e. The van der Waals surface area contributed by atoms with Crippen LogP contribution in [0.1, 0.15) is 30.9 Å². The third kappa shape index (κ3) is 4.74. The first-order chi connectivity index (χ1) is 10.0. The Hall–Kier alpha value is -2.10. The molecule has 0 spiro atoms. The lowest BCUT2D eigenvalue weighted by atomic mass is 10.1. The molecule has 1 fully saturated rings. The van der Waals surface area contributed by atoms with Gasteiger partial charge in [-0.2, -0.15) is 0 Å². The van der Waals surface area contributed by atoms with E-state index in [1.807, 2.05) is 43.0 Å². The van der Waals surface area contributed by atoms with Crippen molar-refractivity contribution in [3.8, 4) is 0 Å². The molecule has 4 nitrogen and oxygen atoms in total. The predicted octanol–water partition coefficient (Wildman–Crippen LogP) is 2.14. The van der Waals surface area contributed by atoms with E-state index in [9.17, 15) is 9.59 Å². The van der Waals surface area contributed by atoms with Gasteiger partial charge in [0.25, 0.3) is 0 Å². The van der Waals surface area contributed by atoms with E-state index in [2.05, 4.69) is 5.32 Å². The van der Waals surface area contributed by atoms with Crippen molar-refractivity contribution in [3.05, 3.63) is 41.5 Å². The second-order valence-corrected chi connectivity index (χ2v) is 5.60. The van der Waals surface area contributed by atoms with Gasteiger partial charge in [0.05, 0.1) is 0 Å². The first-order valence-electron chi connectivity index (χ1n) is 7.37. The molecule has 0 saturated carbocycles. The summed E-state index contributed by atoms with van der Waals surface area (Å²) in [6.07, 6.45) is 4.90. The third-order valence-corrected chi connectivity index (χ3v) is 3.52. The number of nitrogens with zero attached hydrogens (tertiary/aromatic N) is 1. The number of amides is 2. The van der Waals surface area contributed by atoms with Crippen LogP contribution in [0.15, 0.2) is 30.3 Å². The molecule has 1 aromatic rings. The van der Waals surface area contributed by atoms with Gasteiger partial charge in [-0.3, -0.25) is 9.59 Å². The Morgan fingerprint density at radius 2 is 2.29 bits per heavy atom. The number of nitrogens with one attached hydrogen (secondary N) is 1. The largest absolute Gasteiger partial charge is 0.348 e. The van der Waals surface area contributed by atoms with E-state index < -0.39 is 0 Å². The highest BCUT2D eigenvalue weighted by Crippen LogP contribution is 2.10.